The van der Waals surface area contributed by atoms with Crippen LogP contribution < -0.4 is 14.2 Å². The van der Waals surface area contributed by atoms with Gasteiger partial charge in [0.15, 0.2) is 0 Å². The summed E-state index contributed by atoms with van der Waals surface area (Å²) < 4.78 is 13.8. The number of ether oxygens (including phenoxy) is 3. The minimum Gasteiger partial charge on any atom is -0.467 e. The standard InChI is InChI=1S/C6H7N3O4.2C2H6/c1-11-4-7-5(12-2)9-6(8-4)13-3-10;2*1-2/h3H,1-2H3;2*1-2H3. The Kier molecular flexibility index (Phi) is 12.5. The van der Waals surface area contributed by atoms with E-state index in [9.17, 15) is 4.79 Å². The monoisotopic (exact) mass is 245 g/mol. The molecule has 17 heavy (non-hydrogen) atoms. The average Bonchev–Trinajstić information content (AvgIpc) is 2.43. The molecule has 0 fully saturated rings. The van der Waals surface area contributed by atoms with Crippen LogP contribution in [0.25, 0.3) is 0 Å². The van der Waals surface area contributed by atoms with E-state index in [4.69, 9.17) is 9.47 Å². The molecule has 0 aliphatic heterocycles. The van der Waals surface area contributed by atoms with Crippen LogP contribution in [-0.4, -0.2) is 35.6 Å². The largest absolute Gasteiger partial charge is 0.467 e. The lowest BCUT2D eigenvalue weighted by molar-refractivity contribution is -0.121. The highest BCUT2D eigenvalue weighted by Crippen LogP contribution is 2.12. The molecule has 0 aromatic carbocycles. The number of carbonyl (C=O) groups is 1. The van der Waals surface area contributed by atoms with Gasteiger partial charge >= 0.3 is 24.5 Å². The van der Waals surface area contributed by atoms with Gasteiger partial charge in [0.05, 0.1) is 14.2 Å². The molecule has 1 heterocycles. The fourth-order valence-electron chi connectivity index (χ4n) is 0.599. The summed E-state index contributed by atoms with van der Waals surface area (Å²) in [4.78, 5) is 20.9. The zero-order chi connectivity index (χ0) is 13.7. The third-order valence-corrected chi connectivity index (χ3v) is 1.09. The summed E-state index contributed by atoms with van der Waals surface area (Å²) in [5, 5.41) is 0. The minimum absolute atomic E-state index is 0.0173. The van der Waals surface area contributed by atoms with Crippen LogP contribution in [0.2, 0.25) is 0 Å². The third kappa shape index (κ3) is 7.04. The average molecular weight is 245 g/mol. The van der Waals surface area contributed by atoms with Crippen LogP contribution in [0.4, 0.5) is 0 Å². The van der Waals surface area contributed by atoms with Crippen molar-refractivity contribution in [1.29, 1.82) is 0 Å². The van der Waals surface area contributed by atoms with Gasteiger partial charge in [0.2, 0.25) is 0 Å². The summed E-state index contributed by atoms with van der Waals surface area (Å²) in [6.45, 7) is 8.20. The van der Waals surface area contributed by atoms with E-state index >= 15 is 0 Å². The topological polar surface area (TPSA) is 83.4 Å². The first-order chi connectivity index (χ1) is 8.30. The predicted octanol–water partition coefficient (Wildman–Crippen LogP) is 1.48. The maximum atomic E-state index is 9.97. The first-order valence-electron chi connectivity index (χ1n) is 5.24. The maximum Gasteiger partial charge on any atom is 0.333 e. The zero-order valence-electron chi connectivity index (χ0n) is 11.1. The Morgan fingerprint density at radius 2 is 1.18 bits per heavy atom. The Morgan fingerprint density at radius 1 is 0.824 bits per heavy atom. The number of methoxy groups -OCH3 is 2. The second kappa shape index (κ2) is 12.2. The van der Waals surface area contributed by atoms with Crippen molar-refractivity contribution in [1.82, 2.24) is 15.0 Å². The molecule has 0 atom stereocenters. The molecule has 0 amide bonds. The molecule has 0 saturated heterocycles. The SMILES string of the molecule is CC.CC.COc1nc(OC)nc(OC=O)n1. The van der Waals surface area contributed by atoms with Crippen molar-refractivity contribution in [3.8, 4) is 18.0 Å². The molecule has 0 unspecified atom stereocenters. The summed E-state index contributed by atoms with van der Waals surface area (Å²) in [6, 6.07) is -0.133. The molecule has 1 aromatic heterocycles. The Morgan fingerprint density at radius 3 is 1.47 bits per heavy atom. The van der Waals surface area contributed by atoms with Crippen LogP contribution in [0.5, 0.6) is 18.0 Å². The first kappa shape index (κ1) is 17.5. The number of nitrogens with zero attached hydrogens (tertiary/aromatic N) is 3. The highest BCUT2D eigenvalue weighted by Gasteiger charge is 2.06. The van der Waals surface area contributed by atoms with E-state index in [2.05, 4.69) is 19.7 Å². The van der Waals surface area contributed by atoms with E-state index in [-0.39, 0.29) is 24.5 Å². The third-order valence-electron chi connectivity index (χ3n) is 1.09. The number of hydrogen-bond donors (Lipinski definition) is 0. The first-order valence-corrected chi connectivity index (χ1v) is 5.24. The molecule has 98 valence electrons. The molecule has 0 saturated carbocycles. The van der Waals surface area contributed by atoms with Crippen LogP contribution in [0.3, 0.4) is 0 Å². The normalized spacial score (nSPS) is 7.65. The molecule has 0 spiro atoms. The molecule has 0 aliphatic rings. The number of rotatable bonds is 4. The summed E-state index contributed by atoms with van der Waals surface area (Å²) in [7, 11) is 2.75. The molecule has 0 radical (unpaired) electrons. The van der Waals surface area contributed by atoms with Crippen molar-refractivity contribution in [2.45, 2.75) is 27.7 Å². The summed E-state index contributed by atoms with van der Waals surface area (Å²) in [5.74, 6) is 0. The fraction of sp³-hybridized carbons (Fsp3) is 0.600. The Hall–Kier alpha value is -1.92. The van der Waals surface area contributed by atoms with Crippen molar-refractivity contribution in [2.75, 3.05) is 14.2 Å². The van der Waals surface area contributed by atoms with Gasteiger partial charge in [0, 0.05) is 0 Å². The van der Waals surface area contributed by atoms with Gasteiger partial charge in [0.25, 0.3) is 0 Å². The molecule has 7 heteroatoms. The van der Waals surface area contributed by atoms with E-state index in [0.717, 1.165) is 0 Å². The van der Waals surface area contributed by atoms with E-state index in [1.165, 1.54) is 14.2 Å². The van der Waals surface area contributed by atoms with E-state index in [1.54, 1.807) is 0 Å². The van der Waals surface area contributed by atoms with Gasteiger partial charge in [-0.1, -0.05) is 27.7 Å². The Labute approximate surface area is 101 Å². The van der Waals surface area contributed by atoms with Crippen molar-refractivity contribution in [3.05, 3.63) is 0 Å². The lowest BCUT2D eigenvalue weighted by Gasteiger charge is -2.01. The molecular weight excluding hydrogens is 226 g/mol. The van der Waals surface area contributed by atoms with E-state index in [0.29, 0.717) is 0 Å². The van der Waals surface area contributed by atoms with Gasteiger partial charge in [-0.3, -0.25) is 4.79 Å². The Bertz CT molecular complexity index is 285. The molecule has 1 aromatic rings. The van der Waals surface area contributed by atoms with Gasteiger partial charge in [-0.15, -0.1) is 15.0 Å². The van der Waals surface area contributed by atoms with Crippen molar-refractivity contribution >= 4 is 6.47 Å². The van der Waals surface area contributed by atoms with Crippen LogP contribution in [0.15, 0.2) is 0 Å². The number of hydrogen-bond acceptors (Lipinski definition) is 7. The van der Waals surface area contributed by atoms with E-state index in [1.807, 2.05) is 27.7 Å². The van der Waals surface area contributed by atoms with Gasteiger partial charge in [-0.05, 0) is 0 Å². The smallest absolute Gasteiger partial charge is 0.333 e. The molecule has 7 nitrogen and oxygen atoms in total. The Balaban J connectivity index is 0. The van der Waals surface area contributed by atoms with Crippen LogP contribution in [0, 0.1) is 0 Å². The summed E-state index contributed by atoms with van der Waals surface area (Å²) in [5.41, 5.74) is 0. The van der Waals surface area contributed by atoms with Crippen molar-refractivity contribution in [2.24, 2.45) is 0 Å². The fourth-order valence-corrected chi connectivity index (χ4v) is 0.599. The van der Waals surface area contributed by atoms with Gasteiger partial charge < -0.3 is 14.2 Å². The van der Waals surface area contributed by atoms with Crippen LogP contribution in [0.1, 0.15) is 27.7 Å². The van der Waals surface area contributed by atoms with Crippen LogP contribution in [-0.2, 0) is 4.79 Å². The number of aromatic nitrogens is 3. The highest BCUT2D eigenvalue weighted by atomic mass is 16.5. The van der Waals surface area contributed by atoms with Gasteiger partial charge in [-0.25, -0.2) is 0 Å². The molecular formula is C10H19N3O4. The minimum atomic E-state index is -0.168. The lowest BCUT2D eigenvalue weighted by Crippen LogP contribution is -2.02. The second-order valence-electron chi connectivity index (χ2n) is 1.81. The van der Waals surface area contributed by atoms with E-state index < -0.39 is 0 Å². The molecule has 0 N–H and O–H groups in total. The van der Waals surface area contributed by atoms with Crippen molar-refractivity contribution < 1.29 is 19.0 Å². The quantitative estimate of drug-likeness (QED) is 0.743. The highest BCUT2D eigenvalue weighted by molar-refractivity contribution is 5.41. The molecule has 0 bridgehead atoms. The predicted molar refractivity (Wildman–Crippen MR) is 62.3 cm³/mol. The summed E-state index contributed by atoms with van der Waals surface area (Å²) >= 11 is 0. The van der Waals surface area contributed by atoms with Crippen LogP contribution >= 0.6 is 0 Å². The molecule has 0 aliphatic carbocycles. The number of carbonyl (C=O) groups excluding carboxylic acids is 1. The van der Waals surface area contributed by atoms with Gasteiger partial charge in [0.1, 0.15) is 0 Å². The lowest BCUT2D eigenvalue weighted by atomic mass is 10.9. The van der Waals surface area contributed by atoms with Gasteiger partial charge in [-0.2, -0.15) is 0 Å². The second-order valence-corrected chi connectivity index (χ2v) is 1.81. The maximum absolute atomic E-state index is 9.97. The molecule has 1 rings (SSSR count). The zero-order valence-corrected chi connectivity index (χ0v) is 11.1. The van der Waals surface area contributed by atoms with Crippen molar-refractivity contribution in [3.63, 3.8) is 0 Å². The summed E-state index contributed by atoms with van der Waals surface area (Å²) in [6.07, 6.45) is 0.